The number of rotatable bonds is 3. The second-order valence-corrected chi connectivity index (χ2v) is 13.2. The average molecular weight is 685 g/mol. The van der Waals surface area contributed by atoms with E-state index in [0.717, 1.165) is 71.3 Å². The molecule has 10 rings (SSSR count). The third-order valence-corrected chi connectivity index (χ3v) is 10.3. The molecule has 7 aromatic carbocycles. The van der Waals surface area contributed by atoms with Gasteiger partial charge in [0.05, 0.1) is 33.0 Å². The van der Waals surface area contributed by atoms with Crippen LogP contribution in [0.4, 0.5) is 0 Å². The quantitative estimate of drug-likeness (QED) is 0.110. The topological polar surface area (TPSA) is 80.1 Å². The first kappa shape index (κ1) is 30.6. The monoisotopic (exact) mass is 684 g/mol. The van der Waals surface area contributed by atoms with Gasteiger partial charge in [0.15, 0.2) is 5.84 Å². The molecule has 3 aromatic heterocycles. The predicted molar refractivity (Wildman–Crippen MR) is 220 cm³/mol. The highest BCUT2D eigenvalue weighted by molar-refractivity contribution is 6.28. The lowest BCUT2D eigenvalue weighted by Gasteiger charge is -2.18. The number of benzene rings is 7. The van der Waals surface area contributed by atoms with Crippen molar-refractivity contribution in [2.75, 3.05) is 7.05 Å². The van der Waals surface area contributed by atoms with Crippen molar-refractivity contribution in [3.63, 3.8) is 0 Å². The number of hydrogen-bond donors (Lipinski definition) is 2. The Morgan fingerprint density at radius 3 is 1.62 bits per heavy atom. The van der Waals surface area contributed by atoms with E-state index >= 15 is 4.79 Å². The van der Waals surface area contributed by atoms with E-state index in [4.69, 9.17) is 10.4 Å². The van der Waals surface area contributed by atoms with Crippen LogP contribution in [0.15, 0.2) is 174 Å². The van der Waals surface area contributed by atoms with Crippen molar-refractivity contribution >= 4 is 77.1 Å². The lowest BCUT2D eigenvalue weighted by atomic mass is 10.0. The molecule has 0 saturated carbocycles. The fourth-order valence-corrected chi connectivity index (χ4v) is 8.07. The highest BCUT2D eigenvalue weighted by Gasteiger charge is 2.25. The van der Waals surface area contributed by atoms with Crippen molar-refractivity contribution < 1.29 is 0 Å². The molecule has 0 atom stereocenters. The van der Waals surface area contributed by atoms with Crippen LogP contribution >= 0.6 is 0 Å². The van der Waals surface area contributed by atoms with Crippen LogP contribution in [0.2, 0.25) is 0 Å². The molecule has 0 radical (unpaired) electrons. The summed E-state index contributed by atoms with van der Waals surface area (Å²) < 4.78 is 6.18. The number of nitrogens with one attached hydrogen (secondary N) is 2. The molecular formula is C46H32N6O. The molecule has 0 saturated heterocycles. The third kappa shape index (κ3) is 4.50. The molecule has 3 heterocycles. The normalized spacial score (nSPS) is 12.1. The minimum Gasteiger partial charge on any atom is -0.358 e. The maximum absolute atomic E-state index is 15.7. The number of fused-ring (bicyclic) bond motifs is 11. The number of amidine groups is 1. The van der Waals surface area contributed by atoms with E-state index in [-0.39, 0.29) is 11.4 Å². The second kappa shape index (κ2) is 11.9. The lowest BCUT2D eigenvalue weighted by Crippen LogP contribution is -2.29. The molecule has 252 valence electrons. The van der Waals surface area contributed by atoms with Gasteiger partial charge >= 0.3 is 0 Å². The predicted octanol–water partition coefficient (Wildman–Crippen LogP) is 9.80. The van der Waals surface area contributed by atoms with E-state index in [0.29, 0.717) is 16.9 Å². The number of para-hydroxylation sites is 4. The van der Waals surface area contributed by atoms with E-state index < -0.39 is 0 Å². The molecule has 7 heteroatoms. The molecule has 10 aromatic rings. The first-order valence-electron chi connectivity index (χ1n) is 17.6. The van der Waals surface area contributed by atoms with E-state index in [9.17, 15) is 0 Å². The van der Waals surface area contributed by atoms with E-state index in [1.807, 2.05) is 94.1 Å². The summed E-state index contributed by atoms with van der Waals surface area (Å²) >= 11 is 0. The first-order chi connectivity index (χ1) is 26.1. The van der Waals surface area contributed by atoms with Crippen LogP contribution in [-0.2, 0) is 0 Å². The number of nitrogens with zero attached hydrogens (tertiary/aromatic N) is 4. The Balaban J connectivity index is 1.43. The maximum atomic E-state index is 15.7. The molecule has 0 aliphatic heterocycles. The second-order valence-electron chi connectivity index (χ2n) is 13.2. The summed E-state index contributed by atoms with van der Waals surface area (Å²) in [7, 11) is 1.81. The maximum Gasteiger partial charge on any atom is 0.265 e. The average Bonchev–Trinajstić information content (AvgIpc) is 3.74. The van der Waals surface area contributed by atoms with Gasteiger partial charge in [0.2, 0.25) is 5.96 Å². The molecule has 7 nitrogen and oxygen atoms in total. The van der Waals surface area contributed by atoms with Gasteiger partial charge in [-0.3, -0.25) is 19.3 Å². The van der Waals surface area contributed by atoms with Crippen LogP contribution in [0, 0.1) is 5.41 Å². The SMILES string of the molecule is CN/C(=N\C(=N)c1ccccc1)n1c2ccccc2c2ccc3c4ccc5c6ccccc6n(-c6ccccc6)c5c4n(-c4ccccc4)c(=O)c3c21. The largest absolute Gasteiger partial charge is 0.358 e. The number of aliphatic imine (C=N–C) groups is 1. The highest BCUT2D eigenvalue weighted by Crippen LogP contribution is 2.41. The molecular weight excluding hydrogens is 653 g/mol. The van der Waals surface area contributed by atoms with Crippen molar-refractivity contribution in [3.8, 4) is 11.4 Å². The summed E-state index contributed by atoms with van der Waals surface area (Å²) in [6, 6.07) is 54.9. The number of hydrogen-bond acceptors (Lipinski definition) is 2. The van der Waals surface area contributed by atoms with Gasteiger partial charge in [-0.1, -0.05) is 127 Å². The minimum atomic E-state index is -0.140. The smallest absolute Gasteiger partial charge is 0.265 e. The lowest BCUT2D eigenvalue weighted by molar-refractivity contribution is 1.05. The van der Waals surface area contributed by atoms with Crippen molar-refractivity contribution in [1.29, 1.82) is 5.41 Å². The first-order valence-corrected chi connectivity index (χ1v) is 17.6. The molecule has 0 fully saturated rings. The summed E-state index contributed by atoms with van der Waals surface area (Å²) in [6.07, 6.45) is 0. The zero-order chi connectivity index (χ0) is 35.6. The summed E-state index contributed by atoms with van der Waals surface area (Å²) in [5.74, 6) is 0.562. The van der Waals surface area contributed by atoms with Gasteiger partial charge in [-0.05, 0) is 41.8 Å². The molecule has 53 heavy (non-hydrogen) atoms. The molecule has 0 unspecified atom stereocenters. The Bertz CT molecular complexity index is 3170. The van der Waals surface area contributed by atoms with Crippen LogP contribution in [-0.4, -0.2) is 32.5 Å². The van der Waals surface area contributed by atoms with Gasteiger partial charge in [-0.25, -0.2) is 0 Å². The van der Waals surface area contributed by atoms with Crippen molar-refractivity contribution in [3.05, 3.63) is 180 Å². The Labute approximate surface area is 303 Å². The van der Waals surface area contributed by atoms with Crippen molar-refractivity contribution in [1.82, 2.24) is 19.0 Å². The molecule has 0 spiro atoms. The van der Waals surface area contributed by atoms with Gasteiger partial charge in [-0.2, -0.15) is 4.99 Å². The molecule has 2 N–H and O–H groups in total. The summed E-state index contributed by atoms with van der Waals surface area (Å²) in [5, 5.41) is 18.7. The Morgan fingerprint density at radius 2 is 0.981 bits per heavy atom. The molecule has 0 amide bonds. The number of pyridine rings is 1. The summed E-state index contributed by atoms with van der Waals surface area (Å²) in [5.41, 5.74) is 6.83. The highest BCUT2D eigenvalue weighted by atomic mass is 16.1. The van der Waals surface area contributed by atoms with Gasteiger partial charge in [0.1, 0.15) is 0 Å². The number of aromatic nitrogens is 3. The Hall–Kier alpha value is -7.25. The van der Waals surface area contributed by atoms with E-state index in [2.05, 4.69) is 88.7 Å². The fourth-order valence-electron chi connectivity index (χ4n) is 8.07. The zero-order valence-corrected chi connectivity index (χ0v) is 28.8. The van der Waals surface area contributed by atoms with Crippen LogP contribution in [0.5, 0.6) is 0 Å². The Morgan fingerprint density at radius 1 is 0.509 bits per heavy atom. The Kier molecular flexibility index (Phi) is 6.88. The van der Waals surface area contributed by atoms with Gasteiger partial charge in [-0.15, -0.1) is 0 Å². The van der Waals surface area contributed by atoms with Gasteiger partial charge < -0.3 is 9.88 Å². The zero-order valence-electron chi connectivity index (χ0n) is 28.8. The van der Waals surface area contributed by atoms with Crippen LogP contribution in [0.1, 0.15) is 5.56 Å². The molecule has 0 aliphatic carbocycles. The van der Waals surface area contributed by atoms with E-state index in [1.54, 1.807) is 7.05 Å². The van der Waals surface area contributed by atoms with E-state index in [1.165, 1.54) is 0 Å². The van der Waals surface area contributed by atoms with Crippen LogP contribution in [0.3, 0.4) is 0 Å². The molecule has 0 aliphatic rings. The van der Waals surface area contributed by atoms with Crippen LogP contribution in [0.25, 0.3) is 76.7 Å². The van der Waals surface area contributed by atoms with Gasteiger partial charge in [0, 0.05) is 50.9 Å². The molecule has 0 bridgehead atoms. The van der Waals surface area contributed by atoms with Crippen molar-refractivity contribution in [2.45, 2.75) is 0 Å². The van der Waals surface area contributed by atoms with Crippen molar-refractivity contribution in [2.24, 2.45) is 4.99 Å². The van der Waals surface area contributed by atoms with Crippen LogP contribution < -0.4 is 10.9 Å². The van der Waals surface area contributed by atoms with Gasteiger partial charge in [0.25, 0.3) is 5.56 Å². The summed E-state index contributed by atoms with van der Waals surface area (Å²) in [4.78, 5) is 20.5. The summed E-state index contributed by atoms with van der Waals surface area (Å²) in [6.45, 7) is 0. The fraction of sp³-hybridized carbons (Fsp3) is 0.0217. The third-order valence-electron chi connectivity index (χ3n) is 10.3. The minimum absolute atomic E-state index is 0.115. The standard InChI is InChI=1S/C46H32N6O/c1-48-46(49-44(47)29-15-5-2-6-16-29)52-39-24-14-12-21-32(39)35-26-25-34-37-28-27-36-33-22-11-13-23-38(33)50(30-17-7-3-8-18-30)42(36)43(37)51(31-19-9-4-10-20-31)45(53)40(34)41(35)52/h2-28H,1H3,(H2,47,48,49).